The summed E-state index contributed by atoms with van der Waals surface area (Å²) >= 11 is 0. The van der Waals surface area contributed by atoms with E-state index in [0.717, 1.165) is 5.57 Å². The van der Waals surface area contributed by atoms with Crippen LogP contribution in [-0.2, 0) is 4.74 Å². The molecule has 118 valence electrons. The zero-order valence-corrected chi connectivity index (χ0v) is 12.2. The summed E-state index contributed by atoms with van der Waals surface area (Å²) in [4.78, 5) is 12.8. The Morgan fingerprint density at radius 1 is 1.38 bits per heavy atom. The van der Waals surface area contributed by atoms with Crippen molar-refractivity contribution in [1.29, 1.82) is 0 Å². The van der Waals surface area contributed by atoms with Crippen molar-refractivity contribution in [2.24, 2.45) is 0 Å². The summed E-state index contributed by atoms with van der Waals surface area (Å²) in [6.45, 7) is 2.11. The molecule has 1 heterocycles. The Hall–Kier alpha value is -1.40. The predicted molar refractivity (Wildman–Crippen MR) is 75.0 cm³/mol. The molecule has 2 rings (SSSR count). The Morgan fingerprint density at radius 2 is 2.14 bits per heavy atom. The van der Waals surface area contributed by atoms with Crippen molar-refractivity contribution in [3.05, 3.63) is 23.6 Å². The molecular weight excluding hydrogens is 277 g/mol. The molecule has 1 saturated heterocycles. The fourth-order valence-corrected chi connectivity index (χ4v) is 2.67. The lowest BCUT2D eigenvalue weighted by molar-refractivity contribution is 0.0131. The molecule has 2 N–H and O–H groups in total. The van der Waals surface area contributed by atoms with Crippen molar-refractivity contribution in [2.75, 3.05) is 6.61 Å². The number of carbonyl (C=O) groups is 1. The second kappa shape index (κ2) is 7.04. The Morgan fingerprint density at radius 3 is 2.71 bits per heavy atom. The summed E-state index contributed by atoms with van der Waals surface area (Å²) in [5.41, 5.74) is 0.819. The molecule has 2 aliphatic rings. The van der Waals surface area contributed by atoms with Crippen LogP contribution in [0.1, 0.15) is 39.0 Å². The van der Waals surface area contributed by atoms with Crippen LogP contribution in [0.4, 0.5) is 9.18 Å². The number of ether oxygens (including phenoxy) is 1. The first kappa shape index (κ1) is 16.0. The number of nitrogens with zero attached hydrogens (tertiary/aromatic N) is 1. The first-order valence-electron chi connectivity index (χ1n) is 7.35. The highest BCUT2D eigenvalue weighted by atomic mass is 19.1. The van der Waals surface area contributed by atoms with Crippen molar-refractivity contribution in [3.63, 3.8) is 0 Å². The molecule has 0 saturated carbocycles. The highest BCUT2D eigenvalue weighted by Gasteiger charge is 2.34. The smallest absolute Gasteiger partial charge is 0.412 e. The molecule has 6 heteroatoms. The van der Waals surface area contributed by atoms with Gasteiger partial charge in [-0.3, -0.25) is 4.90 Å². The van der Waals surface area contributed by atoms with Gasteiger partial charge < -0.3 is 14.9 Å². The fourth-order valence-electron chi connectivity index (χ4n) is 2.67. The van der Waals surface area contributed by atoms with Crippen LogP contribution in [0.25, 0.3) is 0 Å². The Balaban J connectivity index is 1.75. The normalized spacial score (nSPS) is 25.2. The molecule has 1 amide bonds. The van der Waals surface area contributed by atoms with Gasteiger partial charge in [0.15, 0.2) is 0 Å². The standard InChI is InChI=1S/C15H22FNO4/c1-10-9-21-15(20)17(10)14(19)4-2-3-13(18)11-5-7-12(16)8-6-11/h5,7,10,13-14,18-19H,2-4,6,8-9H2,1H3/t10-,13?,14?/m0/s1. The Kier molecular flexibility index (Phi) is 5.36. The number of hydrogen-bond donors (Lipinski definition) is 2. The first-order chi connectivity index (χ1) is 9.99. The van der Waals surface area contributed by atoms with Gasteiger partial charge in [-0.1, -0.05) is 6.08 Å². The van der Waals surface area contributed by atoms with E-state index in [1.165, 1.54) is 11.0 Å². The van der Waals surface area contributed by atoms with Gasteiger partial charge in [-0.05, 0) is 44.3 Å². The Bertz CT molecular complexity index is 449. The molecule has 0 bridgehead atoms. The number of amides is 1. The molecule has 1 fully saturated rings. The third kappa shape index (κ3) is 4.04. The van der Waals surface area contributed by atoms with E-state index in [-0.39, 0.29) is 11.9 Å². The monoisotopic (exact) mass is 299 g/mol. The predicted octanol–water partition coefficient (Wildman–Crippen LogP) is 2.25. The molecule has 0 spiro atoms. The molecule has 1 aliphatic heterocycles. The number of allylic oxidation sites excluding steroid dienone is 3. The van der Waals surface area contributed by atoms with E-state index in [2.05, 4.69) is 0 Å². The van der Waals surface area contributed by atoms with Gasteiger partial charge in [0.05, 0.1) is 12.1 Å². The average molecular weight is 299 g/mol. The number of hydrogen-bond acceptors (Lipinski definition) is 4. The van der Waals surface area contributed by atoms with Crippen molar-refractivity contribution >= 4 is 6.09 Å². The third-order valence-electron chi connectivity index (χ3n) is 3.95. The van der Waals surface area contributed by atoms with Crippen LogP contribution < -0.4 is 0 Å². The maximum absolute atomic E-state index is 12.9. The molecule has 0 aromatic rings. The lowest BCUT2D eigenvalue weighted by Gasteiger charge is -2.25. The number of carbonyl (C=O) groups excluding carboxylic acids is 1. The number of aliphatic hydroxyl groups is 2. The Labute approximate surface area is 123 Å². The van der Waals surface area contributed by atoms with Gasteiger partial charge in [0.1, 0.15) is 18.7 Å². The van der Waals surface area contributed by atoms with Crippen LogP contribution in [0.2, 0.25) is 0 Å². The van der Waals surface area contributed by atoms with Crippen molar-refractivity contribution in [3.8, 4) is 0 Å². The molecular formula is C15H22FNO4. The summed E-state index contributed by atoms with van der Waals surface area (Å²) < 4.78 is 17.7. The second-order valence-corrected chi connectivity index (χ2v) is 5.62. The second-order valence-electron chi connectivity index (χ2n) is 5.62. The minimum Gasteiger partial charge on any atom is -0.447 e. The highest BCUT2D eigenvalue weighted by molar-refractivity contribution is 5.70. The fraction of sp³-hybridized carbons (Fsp3) is 0.667. The largest absolute Gasteiger partial charge is 0.447 e. The van der Waals surface area contributed by atoms with Gasteiger partial charge >= 0.3 is 6.09 Å². The molecule has 1 aliphatic carbocycles. The third-order valence-corrected chi connectivity index (χ3v) is 3.95. The summed E-state index contributed by atoms with van der Waals surface area (Å²) in [5.74, 6) is -0.164. The summed E-state index contributed by atoms with van der Waals surface area (Å²) in [5, 5.41) is 20.1. The van der Waals surface area contributed by atoms with Gasteiger partial charge in [0, 0.05) is 6.42 Å². The van der Waals surface area contributed by atoms with Crippen LogP contribution in [0.15, 0.2) is 23.6 Å². The van der Waals surface area contributed by atoms with E-state index in [0.29, 0.717) is 38.7 Å². The summed E-state index contributed by atoms with van der Waals surface area (Å²) in [7, 11) is 0. The van der Waals surface area contributed by atoms with Crippen molar-refractivity contribution < 1.29 is 24.1 Å². The van der Waals surface area contributed by atoms with E-state index >= 15 is 0 Å². The summed E-state index contributed by atoms with van der Waals surface area (Å²) in [6.07, 6.45) is 3.31. The molecule has 3 atom stereocenters. The quantitative estimate of drug-likeness (QED) is 0.789. The SMILES string of the molecule is C[C@H]1COC(=O)N1C(O)CCCC(O)C1=CC=C(F)CC1. The van der Waals surface area contributed by atoms with Crippen molar-refractivity contribution in [2.45, 2.75) is 57.4 Å². The molecule has 5 nitrogen and oxygen atoms in total. The minimum absolute atomic E-state index is 0.133. The zero-order chi connectivity index (χ0) is 15.4. The maximum Gasteiger partial charge on any atom is 0.412 e. The summed E-state index contributed by atoms with van der Waals surface area (Å²) in [6, 6.07) is -0.133. The average Bonchev–Trinajstić information content (AvgIpc) is 2.78. The van der Waals surface area contributed by atoms with Gasteiger partial charge in [0.2, 0.25) is 0 Å². The van der Waals surface area contributed by atoms with Crippen molar-refractivity contribution in [1.82, 2.24) is 4.90 Å². The van der Waals surface area contributed by atoms with E-state index in [1.807, 2.05) is 6.92 Å². The number of cyclic esters (lactones) is 1. The molecule has 2 unspecified atom stereocenters. The van der Waals surface area contributed by atoms with Gasteiger partial charge in [0.25, 0.3) is 0 Å². The molecule has 0 aromatic carbocycles. The number of rotatable bonds is 6. The van der Waals surface area contributed by atoms with E-state index in [4.69, 9.17) is 4.74 Å². The van der Waals surface area contributed by atoms with E-state index in [9.17, 15) is 19.4 Å². The van der Waals surface area contributed by atoms with Gasteiger partial charge in [-0.25, -0.2) is 9.18 Å². The lowest BCUT2D eigenvalue weighted by Crippen LogP contribution is -2.40. The van der Waals surface area contributed by atoms with E-state index in [1.54, 1.807) is 6.08 Å². The van der Waals surface area contributed by atoms with Crippen LogP contribution in [0, 0.1) is 0 Å². The molecule has 0 aromatic heterocycles. The van der Waals surface area contributed by atoms with Crippen LogP contribution in [0.5, 0.6) is 0 Å². The van der Waals surface area contributed by atoms with Crippen LogP contribution in [0.3, 0.4) is 0 Å². The first-order valence-corrected chi connectivity index (χ1v) is 7.35. The molecule has 0 radical (unpaired) electrons. The highest BCUT2D eigenvalue weighted by Crippen LogP contribution is 2.24. The lowest BCUT2D eigenvalue weighted by atomic mass is 9.95. The van der Waals surface area contributed by atoms with Gasteiger partial charge in [-0.15, -0.1) is 0 Å². The number of halogens is 1. The molecule has 21 heavy (non-hydrogen) atoms. The zero-order valence-electron chi connectivity index (χ0n) is 12.2. The van der Waals surface area contributed by atoms with Gasteiger partial charge in [-0.2, -0.15) is 0 Å². The minimum atomic E-state index is -0.889. The topological polar surface area (TPSA) is 70.0 Å². The number of aliphatic hydroxyl groups excluding tert-OH is 2. The van der Waals surface area contributed by atoms with Crippen LogP contribution >= 0.6 is 0 Å². The van der Waals surface area contributed by atoms with E-state index < -0.39 is 18.4 Å². The van der Waals surface area contributed by atoms with Crippen LogP contribution in [-0.4, -0.2) is 46.2 Å². The maximum atomic E-state index is 12.9.